The van der Waals surface area contributed by atoms with Gasteiger partial charge in [0.2, 0.25) is 0 Å². The van der Waals surface area contributed by atoms with Crippen LogP contribution < -0.4 is 0 Å². The number of carboxylic acid groups (broad SMARTS) is 1. The molecule has 0 saturated carbocycles. The van der Waals surface area contributed by atoms with Gasteiger partial charge in [-0.25, -0.2) is 4.79 Å². The number of benzene rings is 1. The molecule has 90 valence electrons. The third kappa shape index (κ3) is 2.05. The van der Waals surface area contributed by atoms with Crippen LogP contribution in [-0.2, 0) is 6.54 Å². The summed E-state index contributed by atoms with van der Waals surface area (Å²) < 4.78 is 1.93. The van der Waals surface area contributed by atoms with Crippen LogP contribution >= 0.6 is 0 Å². The quantitative estimate of drug-likeness (QED) is 0.875. The van der Waals surface area contributed by atoms with Crippen molar-refractivity contribution in [1.29, 1.82) is 0 Å². The summed E-state index contributed by atoms with van der Waals surface area (Å²) in [5.74, 6) is -0.850. The molecule has 0 saturated heterocycles. The van der Waals surface area contributed by atoms with E-state index in [0.717, 1.165) is 35.9 Å². The molecule has 1 aromatic heterocycles. The lowest BCUT2D eigenvalue weighted by atomic mass is 10.1. The first-order valence-corrected chi connectivity index (χ1v) is 5.97. The Morgan fingerprint density at radius 2 is 2.18 bits per heavy atom. The van der Waals surface area contributed by atoms with Crippen molar-refractivity contribution in [2.24, 2.45) is 0 Å². The lowest BCUT2D eigenvalue weighted by molar-refractivity contribution is 0.0685. The van der Waals surface area contributed by atoms with Crippen LogP contribution in [0.3, 0.4) is 0 Å². The van der Waals surface area contributed by atoms with Crippen LogP contribution in [0.1, 0.15) is 35.8 Å². The number of aryl methyl sites for hydroxylation is 2. The second kappa shape index (κ2) is 4.62. The first-order chi connectivity index (χ1) is 8.15. The maximum atomic E-state index is 11.2. The number of fused-ring (bicyclic) bond motifs is 1. The third-order valence-electron chi connectivity index (χ3n) is 3.08. The topological polar surface area (TPSA) is 42.2 Å². The molecule has 17 heavy (non-hydrogen) atoms. The number of nitrogens with zero attached hydrogens (tertiary/aromatic N) is 1. The number of hydrogen-bond acceptors (Lipinski definition) is 1. The molecule has 2 rings (SSSR count). The summed E-state index contributed by atoms with van der Waals surface area (Å²) in [5.41, 5.74) is 2.58. The van der Waals surface area contributed by atoms with Crippen LogP contribution in [0.2, 0.25) is 0 Å². The Balaban J connectivity index is 2.64. The molecule has 3 heteroatoms. The predicted octanol–water partition coefficient (Wildman–Crippen LogP) is 3.45. The normalized spacial score (nSPS) is 10.9. The molecule has 0 amide bonds. The van der Waals surface area contributed by atoms with E-state index in [0.29, 0.717) is 5.69 Å². The Labute approximate surface area is 101 Å². The van der Waals surface area contributed by atoms with Crippen molar-refractivity contribution in [2.45, 2.75) is 33.2 Å². The Kier molecular flexibility index (Phi) is 3.18. The Morgan fingerprint density at radius 3 is 2.82 bits per heavy atom. The molecule has 0 aliphatic carbocycles. The molecule has 0 aliphatic rings. The van der Waals surface area contributed by atoms with Crippen molar-refractivity contribution < 1.29 is 9.90 Å². The van der Waals surface area contributed by atoms with Gasteiger partial charge in [-0.15, -0.1) is 0 Å². The van der Waals surface area contributed by atoms with Crippen LogP contribution in [0.5, 0.6) is 0 Å². The Morgan fingerprint density at radius 1 is 1.41 bits per heavy atom. The average molecular weight is 231 g/mol. The molecule has 3 nitrogen and oxygen atoms in total. The van der Waals surface area contributed by atoms with Gasteiger partial charge in [-0.05, 0) is 25.0 Å². The van der Waals surface area contributed by atoms with Gasteiger partial charge in [0.15, 0.2) is 0 Å². The number of para-hydroxylation sites is 1. The molecule has 1 aromatic carbocycles. The molecular weight excluding hydrogens is 214 g/mol. The molecule has 0 radical (unpaired) electrons. The zero-order valence-corrected chi connectivity index (χ0v) is 10.2. The minimum atomic E-state index is -0.850. The monoisotopic (exact) mass is 231 g/mol. The minimum Gasteiger partial charge on any atom is -0.477 e. The summed E-state index contributed by atoms with van der Waals surface area (Å²) in [4.78, 5) is 11.2. The van der Waals surface area contributed by atoms with Crippen molar-refractivity contribution in [3.63, 3.8) is 0 Å². The molecule has 0 spiro atoms. The molecule has 0 aliphatic heterocycles. The van der Waals surface area contributed by atoms with Crippen molar-refractivity contribution in [2.75, 3.05) is 0 Å². The molecule has 0 atom stereocenters. The zero-order valence-electron chi connectivity index (χ0n) is 10.2. The number of unbranched alkanes of at least 4 members (excludes halogenated alkanes) is 1. The van der Waals surface area contributed by atoms with Gasteiger partial charge in [0.1, 0.15) is 5.69 Å². The first-order valence-electron chi connectivity index (χ1n) is 5.97. The Bertz CT molecular complexity index is 555. The van der Waals surface area contributed by atoms with Crippen LogP contribution in [-0.4, -0.2) is 15.6 Å². The van der Waals surface area contributed by atoms with Gasteiger partial charge in [-0.1, -0.05) is 31.5 Å². The number of hydrogen-bond donors (Lipinski definition) is 1. The van der Waals surface area contributed by atoms with E-state index in [1.165, 1.54) is 0 Å². The van der Waals surface area contributed by atoms with Gasteiger partial charge >= 0.3 is 5.97 Å². The fourth-order valence-corrected chi connectivity index (χ4v) is 2.24. The molecule has 0 fully saturated rings. The van der Waals surface area contributed by atoms with Crippen molar-refractivity contribution in [3.8, 4) is 0 Å². The largest absolute Gasteiger partial charge is 0.477 e. The van der Waals surface area contributed by atoms with Gasteiger partial charge in [-0.3, -0.25) is 0 Å². The van der Waals surface area contributed by atoms with Gasteiger partial charge < -0.3 is 9.67 Å². The summed E-state index contributed by atoms with van der Waals surface area (Å²) >= 11 is 0. The number of aromatic nitrogens is 1. The SMILES string of the molecule is CCCCn1c(C(=O)O)cc2cccc(C)c21. The van der Waals surface area contributed by atoms with E-state index in [-0.39, 0.29) is 0 Å². The van der Waals surface area contributed by atoms with Gasteiger partial charge in [0.25, 0.3) is 0 Å². The number of rotatable bonds is 4. The third-order valence-corrected chi connectivity index (χ3v) is 3.08. The van der Waals surface area contributed by atoms with E-state index in [2.05, 4.69) is 6.92 Å². The number of carboxylic acids is 1. The first kappa shape index (κ1) is 11.7. The van der Waals surface area contributed by atoms with E-state index in [4.69, 9.17) is 0 Å². The molecular formula is C14H17NO2. The van der Waals surface area contributed by atoms with Crippen molar-refractivity contribution in [3.05, 3.63) is 35.5 Å². The predicted molar refractivity (Wildman–Crippen MR) is 68.5 cm³/mol. The lowest BCUT2D eigenvalue weighted by Crippen LogP contribution is -2.08. The molecule has 0 unspecified atom stereocenters. The number of aromatic carboxylic acids is 1. The summed E-state index contributed by atoms with van der Waals surface area (Å²) in [7, 11) is 0. The van der Waals surface area contributed by atoms with Gasteiger partial charge in [0, 0.05) is 11.9 Å². The van der Waals surface area contributed by atoms with Gasteiger partial charge in [-0.2, -0.15) is 0 Å². The smallest absolute Gasteiger partial charge is 0.352 e. The van der Waals surface area contributed by atoms with Crippen LogP contribution in [0.4, 0.5) is 0 Å². The minimum absolute atomic E-state index is 0.391. The lowest BCUT2D eigenvalue weighted by Gasteiger charge is -2.09. The van der Waals surface area contributed by atoms with Crippen LogP contribution in [0.25, 0.3) is 10.9 Å². The highest BCUT2D eigenvalue weighted by Crippen LogP contribution is 2.23. The molecule has 2 aromatic rings. The van der Waals surface area contributed by atoms with Crippen LogP contribution in [0, 0.1) is 6.92 Å². The second-order valence-electron chi connectivity index (χ2n) is 4.35. The van der Waals surface area contributed by atoms with Crippen LogP contribution in [0.15, 0.2) is 24.3 Å². The van der Waals surface area contributed by atoms with E-state index in [1.54, 1.807) is 6.07 Å². The zero-order chi connectivity index (χ0) is 12.4. The van der Waals surface area contributed by atoms with Crippen molar-refractivity contribution in [1.82, 2.24) is 4.57 Å². The van der Waals surface area contributed by atoms with Gasteiger partial charge in [0.05, 0.1) is 5.52 Å². The highest BCUT2D eigenvalue weighted by Gasteiger charge is 2.15. The van der Waals surface area contributed by atoms with Crippen molar-refractivity contribution >= 4 is 16.9 Å². The second-order valence-corrected chi connectivity index (χ2v) is 4.35. The maximum Gasteiger partial charge on any atom is 0.352 e. The molecule has 1 heterocycles. The highest BCUT2D eigenvalue weighted by atomic mass is 16.4. The summed E-state index contributed by atoms with van der Waals surface area (Å²) in [6.07, 6.45) is 2.06. The standard InChI is InChI=1S/C14H17NO2/c1-3-4-8-15-12(14(16)17)9-11-7-5-6-10(2)13(11)15/h5-7,9H,3-4,8H2,1-2H3,(H,16,17). The maximum absolute atomic E-state index is 11.2. The van der Waals surface area contributed by atoms with E-state index < -0.39 is 5.97 Å². The van der Waals surface area contributed by atoms with E-state index in [1.807, 2.05) is 29.7 Å². The van der Waals surface area contributed by atoms with E-state index in [9.17, 15) is 9.90 Å². The highest BCUT2D eigenvalue weighted by molar-refractivity contribution is 5.95. The van der Waals surface area contributed by atoms with E-state index >= 15 is 0 Å². The summed E-state index contributed by atoms with van der Waals surface area (Å²) in [6, 6.07) is 7.72. The fraction of sp³-hybridized carbons (Fsp3) is 0.357. The molecule has 0 bridgehead atoms. The summed E-state index contributed by atoms with van der Waals surface area (Å²) in [6.45, 7) is 4.90. The number of carbonyl (C=O) groups is 1. The Hall–Kier alpha value is -1.77. The molecule has 1 N–H and O–H groups in total. The average Bonchev–Trinajstić information content (AvgIpc) is 2.66. The summed E-state index contributed by atoms with van der Waals surface area (Å²) in [5, 5.41) is 10.2. The fourth-order valence-electron chi connectivity index (χ4n) is 2.24.